The van der Waals surface area contributed by atoms with E-state index < -0.39 is 5.97 Å². The van der Waals surface area contributed by atoms with Crippen molar-refractivity contribution in [2.75, 3.05) is 26.2 Å². The van der Waals surface area contributed by atoms with Crippen molar-refractivity contribution in [2.45, 2.75) is 6.54 Å². The van der Waals surface area contributed by atoms with Crippen LogP contribution in [0.15, 0.2) is 24.3 Å². The first-order chi connectivity index (χ1) is 9.22. The molecule has 3 rings (SSSR count). The molecule has 1 saturated heterocycles. The maximum absolute atomic E-state index is 10.9. The Labute approximate surface area is 111 Å². The van der Waals surface area contributed by atoms with Crippen LogP contribution in [0.1, 0.15) is 16.1 Å². The molecule has 19 heavy (non-hydrogen) atoms. The second-order valence-corrected chi connectivity index (χ2v) is 4.93. The van der Waals surface area contributed by atoms with Gasteiger partial charge >= 0.3 is 5.97 Å². The van der Waals surface area contributed by atoms with Crippen molar-refractivity contribution in [3.63, 3.8) is 0 Å². The first kappa shape index (κ1) is 12.2. The Bertz CT molecular complexity index is 600. The normalized spacial score (nSPS) is 16.8. The van der Waals surface area contributed by atoms with Crippen LogP contribution in [0.25, 0.3) is 10.9 Å². The third-order valence-corrected chi connectivity index (χ3v) is 3.53. The van der Waals surface area contributed by atoms with E-state index >= 15 is 0 Å². The van der Waals surface area contributed by atoms with Crippen molar-refractivity contribution in [1.82, 2.24) is 15.2 Å². The number of carboxylic acids is 1. The van der Waals surface area contributed by atoms with E-state index in [4.69, 9.17) is 5.11 Å². The van der Waals surface area contributed by atoms with E-state index in [1.807, 2.05) is 12.1 Å². The highest BCUT2D eigenvalue weighted by atomic mass is 16.4. The summed E-state index contributed by atoms with van der Waals surface area (Å²) in [6, 6.07) is 7.23. The van der Waals surface area contributed by atoms with Crippen molar-refractivity contribution in [3.05, 3.63) is 35.5 Å². The molecule has 1 aliphatic rings. The molecule has 2 heterocycles. The predicted molar refractivity (Wildman–Crippen MR) is 73.4 cm³/mol. The van der Waals surface area contributed by atoms with Gasteiger partial charge in [-0.1, -0.05) is 0 Å². The van der Waals surface area contributed by atoms with E-state index in [1.165, 1.54) is 0 Å². The van der Waals surface area contributed by atoms with Crippen LogP contribution in [-0.4, -0.2) is 47.1 Å². The summed E-state index contributed by atoms with van der Waals surface area (Å²) in [4.78, 5) is 16.7. The molecule has 1 aromatic carbocycles. The molecule has 0 amide bonds. The van der Waals surface area contributed by atoms with E-state index in [-0.39, 0.29) is 0 Å². The molecule has 0 bridgehead atoms. The standard InChI is InChI=1S/C14H17N3O2/c18-14(19)10-1-2-13-11(7-10)8-12(16-13)9-17-5-3-15-4-6-17/h1-2,7-8,15-16H,3-6,9H2,(H,18,19). The van der Waals surface area contributed by atoms with Crippen LogP contribution in [0.2, 0.25) is 0 Å². The number of rotatable bonds is 3. The largest absolute Gasteiger partial charge is 0.478 e. The zero-order chi connectivity index (χ0) is 13.2. The number of carboxylic acid groups (broad SMARTS) is 1. The van der Waals surface area contributed by atoms with Crippen LogP contribution in [0.4, 0.5) is 0 Å². The van der Waals surface area contributed by atoms with E-state index in [2.05, 4.69) is 15.2 Å². The van der Waals surface area contributed by atoms with Crippen molar-refractivity contribution >= 4 is 16.9 Å². The summed E-state index contributed by atoms with van der Waals surface area (Å²) < 4.78 is 0. The predicted octanol–water partition coefficient (Wildman–Crippen LogP) is 1.27. The highest BCUT2D eigenvalue weighted by molar-refractivity contribution is 5.93. The molecule has 0 unspecified atom stereocenters. The van der Waals surface area contributed by atoms with Crippen molar-refractivity contribution in [2.24, 2.45) is 0 Å². The molecule has 100 valence electrons. The third-order valence-electron chi connectivity index (χ3n) is 3.53. The minimum atomic E-state index is -0.883. The number of nitrogens with one attached hydrogen (secondary N) is 2. The van der Waals surface area contributed by atoms with E-state index in [0.29, 0.717) is 5.56 Å². The summed E-state index contributed by atoms with van der Waals surface area (Å²) in [6.07, 6.45) is 0. The number of fused-ring (bicyclic) bond motifs is 1. The first-order valence-electron chi connectivity index (χ1n) is 6.50. The summed E-state index contributed by atoms with van der Waals surface area (Å²) in [5, 5.41) is 13.3. The fourth-order valence-electron chi connectivity index (χ4n) is 2.52. The minimum absolute atomic E-state index is 0.334. The maximum Gasteiger partial charge on any atom is 0.335 e. The lowest BCUT2D eigenvalue weighted by Crippen LogP contribution is -2.42. The number of aromatic carboxylic acids is 1. The number of benzene rings is 1. The fraction of sp³-hybridized carbons (Fsp3) is 0.357. The number of hydrogen-bond donors (Lipinski definition) is 3. The number of H-pyrrole nitrogens is 1. The second-order valence-electron chi connectivity index (χ2n) is 4.93. The van der Waals surface area contributed by atoms with Crippen LogP contribution in [0.3, 0.4) is 0 Å². The molecule has 0 radical (unpaired) electrons. The van der Waals surface area contributed by atoms with Crippen molar-refractivity contribution in [3.8, 4) is 0 Å². The average molecular weight is 259 g/mol. The Kier molecular flexibility index (Phi) is 3.23. The Morgan fingerprint density at radius 3 is 2.79 bits per heavy atom. The quantitative estimate of drug-likeness (QED) is 0.776. The van der Waals surface area contributed by atoms with Crippen LogP contribution < -0.4 is 5.32 Å². The molecule has 5 heteroatoms. The van der Waals surface area contributed by atoms with Gasteiger partial charge < -0.3 is 15.4 Å². The summed E-state index contributed by atoms with van der Waals surface area (Å²) in [7, 11) is 0. The van der Waals surface area contributed by atoms with Crippen LogP contribution in [0.5, 0.6) is 0 Å². The van der Waals surface area contributed by atoms with Gasteiger partial charge in [-0.3, -0.25) is 4.90 Å². The lowest BCUT2D eigenvalue weighted by molar-refractivity contribution is 0.0697. The molecule has 0 saturated carbocycles. The molecule has 3 N–H and O–H groups in total. The van der Waals surface area contributed by atoms with E-state index in [9.17, 15) is 4.79 Å². The first-order valence-corrected chi connectivity index (χ1v) is 6.50. The van der Waals surface area contributed by atoms with Gasteiger partial charge in [0.25, 0.3) is 0 Å². The number of piperazine rings is 1. The molecule has 1 fully saturated rings. The van der Waals surface area contributed by atoms with Gasteiger partial charge in [-0.2, -0.15) is 0 Å². The number of nitrogens with zero attached hydrogens (tertiary/aromatic N) is 1. The Hall–Kier alpha value is -1.85. The van der Waals surface area contributed by atoms with E-state index in [0.717, 1.165) is 49.3 Å². The highest BCUT2D eigenvalue weighted by Crippen LogP contribution is 2.18. The fourth-order valence-corrected chi connectivity index (χ4v) is 2.52. The van der Waals surface area contributed by atoms with Gasteiger partial charge in [-0.15, -0.1) is 0 Å². The highest BCUT2D eigenvalue weighted by Gasteiger charge is 2.12. The molecular formula is C14H17N3O2. The Morgan fingerprint density at radius 1 is 1.26 bits per heavy atom. The number of aromatic amines is 1. The molecule has 0 atom stereocenters. The Morgan fingerprint density at radius 2 is 2.05 bits per heavy atom. The zero-order valence-corrected chi connectivity index (χ0v) is 10.6. The van der Waals surface area contributed by atoms with Crippen LogP contribution in [0, 0.1) is 0 Å². The molecular weight excluding hydrogens is 242 g/mol. The minimum Gasteiger partial charge on any atom is -0.478 e. The van der Waals surface area contributed by atoms with Crippen LogP contribution in [-0.2, 0) is 6.54 Å². The lowest BCUT2D eigenvalue weighted by Gasteiger charge is -2.26. The van der Waals surface area contributed by atoms with Gasteiger partial charge in [0.15, 0.2) is 0 Å². The lowest BCUT2D eigenvalue weighted by atomic mass is 10.1. The van der Waals surface area contributed by atoms with Gasteiger partial charge in [0.2, 0.25) is 0 Å². The van der Waals surface area contributed by atoms with Crippen molar-refractivity contribution in [1.29, 1.82) is 0 Å². The van der Waals surface area contributed by atoms with Crippen LogP contribution >= 0.6 is 0 Å². The monoisotopic (exact) mass is 259 g/mol. The number of hydrogen-bond acceptors (Lipinski definition) is 3. The van der Waals surface area contributed by atoms with E-state index in [1.54, 1.807) is 12.1 Å². The molecule has 5 nitrogen and oxygen atoms in total. The molecule has 0 spiro atoms. The zero-order valence-electron chi connectivity index (χ0n) is 10.6. The summed E-state index contributed by atoms with van der Waals surface area (Å²) >= 11 is 0. The van der Waals surface area contributed by atoms with Gasteiger partial charge in [0.05, 0.1) is 5.56 Å². The Balaban J connectivity index is 1.82. The van der Waals surface area contributed by atoms with Crippen molar-refractivity contribution < 1.29 is 9.90 Å². The molecule has 1 aliphatic heterocycles. The number of carbonyl (C=O) groups is 1. The SMILES string of the molecule is O=C(O)c1ccc2[nH]c(CN3CCNCC3)cc2c1. The summed E-state index contributed by atoms with van der Waals surface area (Å²) in [5.74, 6) is -0.883. The van der Waals surface area contributed by atoms with Gasteiger partial charge in [-0.05, 0) is 24.3 Å². The topological polar surface area (TPSA) is 68.4 Å². The van der Waals surface area contributed by atoms with Gasteiger partial charge in [-0.25, -0.2) is 4.79 Å². The molecule has 2 aromatic rings. The smallest absolute Gasteiger partial charge is 0.335 e. The summed E-state index contributed by atoms with van der Waals surface area (Å²) in [5.41, 5.74) is 2.47. The molecule has 0 aliphatic carbocycles. The second kappa shape index (κ2) is 5.03. The summed E-state index contributed by atoms with van der Waals surface area (Å²) in [6.45, 7) is 5.05. The van der Waals surface area contributed by atoms with Gasteiger partial charge in [0, 0.05) is 49.3 Å². The van der Waals surface area contributed by atoms with Gasteiger partial charge in [0.1, 0.15) is 0 Å². The molecule has 1 aromatic heterocycles. The average Bonchev–Trinajstić information content (AvgIpc) is 2.80. The third kappa shape index (κ3) is 2.62. The maximum atomic E-state index is 10.9. The number of aromatic nitrogens is 1.